The maximum absolute atomic E-state index is 6.06. The Bertz CT molecular complexity index is 626. The van der Waals surface area contributed by atoms with Gasteiger partial charge in [-0.15, -0.1) is 0 Å². The zero-order valence-corrected chi connectivity index (χ0v) is 14.1. The zero-order valence-electron chi connectivity index (χ0n) is 11.8. The topological polar surface area (TPSA) is 34.4 Å². The van der Waals surface area contributed by atoms with Crippen LogP contribution in [0.2, 0.25) is 15.1 Å². The van der Waals surface area contributed by atoms with E-state index in [-0.39, 0.29) is 6.61 Å². The van der Waals surface area contributed by atoms with Crippen molar-refractivity contribution in [1.82, 2.24) is 5.32 Å². The summed E-state index contributed by atoms with van der Waals surface area (Å²) in [5, 5.41) is 4.45. The van der Waals surface area contributed by atoms with Crippen LogP contribution in [0.25, 0.3) is 0 Å². The van der Waals surface area contributed by atoms with E-state index in [0.29, 0.717) is 27.4 Å². The van der Waals surface area contributed by atoms with Gasteiger partial charge in [0.2, 0.25) is 0 Å². The van der Waals surface area contributed by atoms with E-state index < -0.39 is 0 Å². The summed E-state index contributed by atoms with van der Waals surface area (Å²) >= 11 is 17.9. The van der Waals surface area contributed by atoms with Crippen molar-refractivity contribution in [1.29, 1.82) is 0 Å². The number of nitrogens with one attached hydrogen (secondary N) is 1. The highest BCUT2D eigenvalue weighted by Crippen LogP contribution is 2.34. The van der Waals surface area contributed by atoms with Crippen LogP contribution in [0.4, 0.5) is 0 Å². The van der Waals surface area contributed by atoms with E-state index in [2.05, 4.69) is 12.2 Å². The van der Waals surface area contributed by atoms with Gasteiger partial charge in [0, 0.05) is 6.07 Å². The van der Waals surface area contributed by atoms with Gasteiger partial charge in [-0.25, -0.2) is 0 Å². The van der Waals surface area contributed by atoms with Gasteiger partial charge in [-0.1, -0.05) is 41.7 Å². The molecule has 1 heterocycles. The van der Waals surface area contributed by atoms with Crippen molar-refractivity contribution >= 4 is 34.8 Å². The summed E-state index contributed by atoms with van der Waals surface area (Å²) < 4.78 is 11.4. The summed E-state index contributed by atoms with van der Waals surface area (Å²) in [5.74, 6) is 2.13. The molecular weight excluding hydrogens is 333 g/mol. The molecule has 0 spiro atoms. The summed E-state index contributed by atoms with van der Waals surface area (Å²) in [5.41, 5.74) is 1.09. The molecule has 0 amide bonds. The second kappa shape index (κ2) is 7.41. The van der Waals surface area contributed by atoms with Crippen molar-refractivity contribution in [3.8, 4) is 5.75 Å². The lowest BCUT2D eigenvalue weighted by molar-refractivity contribution is 0.265. The third-order valence-corrected chi connectivity index (χ3v) is 3.97. The van der Waals surface area contributed by atoms with Crippen molar-refractivity contribution in [2.24, 2.45) is 0 Å². The lowest BCUT2D eigenvalue weighted by Gasteiger charge is -2.08. The molecule has 0 fully saturated rings. The fraction of sp³-hybridized carbons (Fsp3) is 0.333. The van der Waals surface area contributed by atoms with Gasteiger partial charge in [-0.05, 0) is 31.2 Å². The number of hydrogen-bond donors (Lipinski definition) is 1. The number of benzene rings is 1. The van der Waals surface area contributed by atoms with Crippen LogP contribution >= 0.6 is 34.8 Å². The number of rotatable bonds is 6. The first kappa shape index (κ1) is 16.5. The van der Waals surface area contributed by atoms with Crippen molar-refractivity contribution in [3.63, 3.8) is 0 Å². The van der Waals surface area contributed by atoms with Gasteiger partial charge < -0.3 is 14.5 Å². The molecule has 0 atom stereocenters. The molecular formula is C15H16Cl3NO2. The van der Waals surface area contributed by atoms with Crippen LogP contribution in [0, 0.1) is 6.92 Å². The molecule has 3 nitrogen and oxygen atoms in total. The summed E-state index contributed by atoms with van der Waals surface area (Å²) in [6, 6.07) is 5.12. The molecule has 6 heteroatoms. The minimum atomic E-state index is 0.282. The maximum atomic E-state index is 6.06. The van der Waals surface area contributed by atoms with Crippen LogP contribution in [-0.4, -0.2) is 6.54 Å². The van der Waals surface area contributed by atoms with E-state index in [1.807, 2.05) is 13.0 Å². The molecule has 114 valence electrons. The van der Waals surface area contributed by atoms with E-state index >= 15 is 0 Å². The summed E-state index contributed by atoms with van der Waals surface area (Å²) in [4.78, 5) is 0. The average molecular weight is 349 g/mol. The molecule has 0 aliphatic heterocycles. The van der Waals surface area contributed by atoms with Gasteiger partial charge in [-0.3, -0.25) is 0 Å². The lowest BCUT2D eigenvalue weighted by Crippen LogP contribution is -2.11. The zero-order chi connectivity index (χ0) is 15.4. The fourth-order valence-corrected chi connectivity index (χ4v) is 2.43. The molecule has 2 aromatic rings. The van der Waals surface area contributed by atoms with Crippen LogP contribution in [0.5, 0.6) is 5.75 Å². The average Bonchev–Trinajstić information content (AvgIpc) is 2.79. The monoisotopic (exact) mass is 347 g/mol. The Balaban J connectivity index is 2.05. The largest absolute Gasteiger partial charge is 0.484 e. The molecule has 21 heavy (non-hydrogen) atoms. The molecule has 0 radical (unpaired) electrons. The second-order valence-corrected chi connectivity index (χ2v) is 5.81. The van der Waals surface area contributed by atoms with Gasteiger partial charge in [0.15, 0.2) is 0 Å². The van der Waals surface area contributed by atoms with Crippen molar-refractivity contribution < 1.29 is 9.15 Å². The number of halogens is 3. The van der Waals surface area contributed by atoms with E-state index in [1.54, 1.807) is 12.1 Å². The molecule has 0 bridgehead atoms. The Labute approximate surface area is 139 Å². The van der Waals surface area contributed by atoms with Crippen LogP contribution in [-0.2, 0) is 13.2 Å². The normalized spacial score (nSPS) is 10.9. The van der Waals surface area contributed by atoms with Crippen molar-refractivity contribution in [2.75, 3.05) is 6.54 Å². The molecule has 1 N–H and O–H groups in total. The van der Waals surface area contributed by atoms with Crippen LogP contribution in [0.1, 0.15) is 24.0 Å². The Morgan fingerprint density at radius 3 is 2.52 bits per heavy atom. The van der Waals surface area contributed by atoms with Gasteiger partial charge in [0.25, 0.3) is 0 Å². The third-order valence-electron chi connectivity index (χ3n) is 2.95. The fourth-order valence-electron chi connectivity index (χ4n) is 1.84. The predicted octanol–water partition coefficient (Wildman–Crippen LogP) is 5.24. The highest BCUT2D eigenvalue weighted by molar-refractivity contribution is 6.43. The quantitative estimate of drug-likeness (QED) is 0.725. The van der Waals surface area contributed by atoms with Crippen molar-refractivity contribution in [3.05, 3.63) is 50.4 Å². The Hall–Kier alpha value is -0.870. The van der Waals surface area contributed by atoms with Crippen LogP contribution < -0.4 is 10.1 Å². The number of aryl methyl sites for hydroxylation is 1. The van der Waals surface area contributed by atoms with E-state index in [0.717, 1.165) is 23.6 Å². The molecule has 0 saturated carbocycles. The first-order valence-electron chi connectivity index (χ1n) is 6.57. The summed E-state index contributed by atoms with van der Waals surface area (Å²) in [6.45, 7) is 5.94. The number of hydrogen-bond acceptors (Lipinski definition) is 3. The molecule has 0 unspecified atom stereocenters. The van der Waals surface area contributed by atoms with Crippen molar-refractivity contribution in [2.45, 2.75) is 27.0 Å². The first-order chi connectivity index (χ1) is 10.0. The van der Waals surface area contributed by atoms with E-state index in [1.165, 1.54) is 0 Å². The Morgan fingerprint density at radius 2 is 1.81 bits per heavy atom. The third kappa shape index (κ3) is 4.30. The molecule has 1 aromatic carbocycles. The molecule has 0 aliphatic rings. The Morgan fingerprint density at radius 1 is 1.10 bits per heavy atom. The van der Waals surface area contributed by atoms with Gasteiger partial charge >= 0.3 is 0 Å². The summed E-state index contributed by atoms with van der Waals surface area (Å²) in [7, 11) is 0. The standard InChI is InChI=1S/C15H16Cl3NO2/c1-3-19-7-15-9(2)4-10(21-15)8-20-14-6-12(17)11(16)5-13(14)18/h4-6,19H,3,7-8H2,1-2H3. The number of ether oxygens (including phenoxy) is 1. The van der Waals surface area contributed by atoms with Gasteiger partial charge in [0.1, 0.15) is 23.9 Å². The van der Waals surface area contributed by atoms with Crippen LogP contribution in [0.15, 0.2) is 22.6 Å². The van der Waals surface area contributed by atoms with Gasteiger partial charge in [0.05, 0.1) is 21.6 Å². The van der Waals surface area contributed by atoms with E-state index in [9.17, 15) is 0 Å². The van der Waals surface area contributed by atoms with Crippen LogP contribution in [0.3, 0.4) is 0 Å². The lowest BCUT2D eigenvalue weighted by atomic mass is 10.2. The first-order valence-corrected chi connectivity index (χ1v) is 7.71. The SMILES string of the molecule is CCNCc1oc(COc2cc(Cl)c(Cl)cc2Cl)cc1C. The Kier molecular flexibility index (Phi) is 5.82. The molecule has 2 rings (SSSR count). The molecule has 1 aromatic heterocycles. The molecule has 0 saturated heterocycles. The number of furan rings is 1. The smallest absolute Gasteiger partial charge is 0.146 e. The molecule has 0 aliphatic carbocycles. The predicted molar refractivity (Wildman–Crippen MR) is 86.6 cm³/mol. The highest BCUT2D eigenvalue weighted by Gasteiger charge is 2.11. The minimum absolute atomic E-state index is 0.282. The minimum Gasteiger partial charge on any atom is -0.484 e. The second-order valence-electron chi connectivity index (χ2n) is 4.58. The highest BCUT2D eigenvalue weighted by atomic mass is 35.5. The van der Waals surface area contributed by atoms with Gasteiger partial charge in [-0.2, -0.15) is 0 Å². The maximum Gasteiger partial charge on any atom is 0.146 e. The van der Waals surface area contributed by atoms with E-state index in [4.69, 9.17) is 44.0 Å². The summed E-state index contributed by atoms with van der Waals surface area (Å²) in [6.07, 6.45) is 0.